The number of aromatic nitrogens is 4. The fourth-order valence-corrected chi connectivity index (χ4v) is 17.4. The molecule has 4 bridgehead atoms. The fraction of sp³-hybridized carbons (Fsp3) is 0.478. The lowest BCUT2D eigenvalue weighted by molar-refractivity contribution is -0.271. The van der Waals surface area contributed by atoms with Crippen LogP contribution in [0.25, 0.3) is 21.3 Å². The zero-order valence-corrected chi connectivity index (χ0v) is 54.8. The average molecular weight is 1350 g/mol. The number of ether oxygens (including phenoxy) is 4. The molecule has 97 heavy (non-hydrogen) atoms. The number of nitrogens with zero attached hydrogens (tertiary/aromatic N) is 6. The van der Waals surface area contributed by atoms with Gasteiger partial charge in [0.15, 0.2) is 16.9 Å². The van der Waals surface area contributed by atoms with Crippen molar-refractivity contribution in [2.24, 2.45) is 22.0 Å². The van der Waals surface area contributed by atoms with E-state index in [2.05, 4.69) is 34.8 Å². The van der Waals surface area contributed by atoms with Gasteiger partial charge in [0.25, 0.3) is 17.7 Å². The molecule has 3 unspecified atom stereocenters. The molecule has 514 valence electrons. The first-order valence-corrected chi connectivity index (χ1v) is 33.4. The Balaban J connectivity index is 0.694. The molecule has 8 atom stereocenters. The van der Waals surface area contributed by atoms with Crippen LogP contribution in [-0.2, 0) is 72.3 Å². The molecule has 6 heterocycles. The molecule has 11 N–H and O–H groups in total. The number of para-hydroxylation sites is 1. The summed E-state index contributed by atoms with van der Waals surface area (Å²) in [5.74, 6) is -4.35. The minimum atomic E-state index is -2.01. The number of rotatable bonds is 26. The highest BCUT2D eigenvalue weighted by Gasteiger charge is 2.66. The largest absolute Gasteiger partial charge is 0.479 e. The van der Waals surface area contributed by atoms with Crippen LogP contribution >= 0.6 is 11.3 Å². The summed E-state index contributed by atoms with van der Waals surface area (Å²) in [6.45, 7) is 7.61. The second-order valence-corrected chi connectivity index (χ2v) is 28.5. The van der Waals surface area contributed by atoms with Crippen molar-refractivity contribution in [2.45, 2.75) is 160 Å². The van der Waals surface area contributed by atoms with E-state index in [1.165, 1.54) is 11.3 Å². The number of anilines is 2. The van der Waals surface area contributed by atoms with Crippen molar-refractivity contribution in [3.8, 4) is 16.9 Å². The SMILES string of the molecule is Cc1c(-c2ccc(N3CCc4cccc(C(=O)Nc5nc6ccccc6s5)c4C3)nc2C(=O)O)cnn1CC12CC3(C)CC(C)(C1)CC(OCCNC(=O)OCc1ccc(CCCCNC(=O)CN4C(=O)C=CC4=O)c(CCC(N)O)c1O[C@@H]1O[C@H](C(=O)O)[C@@H](O)[C@H](O)[C@H]1O)(C3)C2. The third kappa shape index (κ3) is 14.6. The minimum Gasteiger partial charge on any atom is -0.479 e. The van der Waals surface area contributed by atoms with Gasteiger partial charge in [0.2, 0.25) is 12.2 Å². The molecule has 3 aliphatic heterocycles. The van der Waals surface area contributed by atoms with Crippen LogP contribution in [0.1, 0.15) is 126 Å². The number of carbonyl (C=O) groups excluding carboxylic acids is 5. The van der Waals surface area contributed by atoms with Crippen molar-refractivity contribution in [3.05, 3.63) is 130 Å². The van der Waals surface area contributed by atoms with Crippen LogP contribution in [0.15, 0.2) is 85.1 Å². The lowest BCUT2D eigenvalue weighted by Crippen LogP contribution is -2.64. The highest BCUT2D eigenvalue weighted by Crippen LogP contribution is 2.72. The molecule has 0 spiro atoms. The van der Waals surface area contributed by atoms with Gasteiger partial charge >= 0.3 is 18.0 Å². The number of aromatic carboxylic acids is 1. The van der Waals surface area contributed by atoms with E-state index in [1.807, 2.05) is 59.0 Å². The maximum atomic E-state index is 13.8. The van der Waals surface area contributed by atoms with Gasteiger partial charge in [-0.1, -0.05) is 61.6 Å². The Bertz CT molecular complexity index is 4030. The lowest BCUT2D eigenvalue weighted by Gasteiger charge is -2.69. The molecule has 7 aliphatic rings. The monoisotopic (exact) mass is 1350 g/mol. The van der Waals surface area contributed by atoms with Gasteiger partial charge in [-0.3, -0.25) is 34.1 Å². The molecule has 6 aromatic rings. The Morgan fingerprint density at radius 1 is 0.825 bits per heavy atom. The number of carboxylic acid groups (broad SMARTS) is 2. The third-order valence-electron chi connectivity index (χ3n) is 19.7. The summed E-state index contributed by atoms with van der Waals surface area (Å²) in [5, 5.41) is 77.0. The summed E-state index contributed by atoms with van der Waals surface area (Å²) in [7, 11) is 0. The van der Waals surface area contributed by atoms with Gasteiger partial charge in [0.1, 0.15) is 49.3 Å². The predicted octanol–water partition coefficient (Wildman–Crippen LogP) is 5.28. The van der Waals surface area contributed by atoms with Gasteiger partial charge in [-0.05, 0) is 153 Å². The second-order valence-electron chi connectivity index (χ2n) is 27.5. The van der Waals surface area contributed by atoms with Crippen LogP contribution in [0.3, 0.4) is 0 Å². The molecule has 28 heteroatoms. The fourth-order valence-electron chi connectivity index (χ4n) is 16.5. The van der Waals surface area contributed by atoms with Crippen LogP contribution in [0.4, 0.5) is 15.7 Å². The summed E-state index contributed by atoms with van der Waals surface area (Å²) in [4.78, 5) is 101. The first kappa shape index (κ1) is 68.2. The lowest BCUT2D eigenvalue weighted by atomic mass is 9.39. The molecule has 4 saturated carbocycles. The van der Waals surface area contributed by atoms with E-state index in [1.54, 1.807) is 30.5 Å². The maximum Gasteiger partial charge on any atom is 0.407 e. The van der Waals surface area contributed by atoms with Crippen LogP contribution in [0, 0.1) is 23.2 Å². The first-order chi connectivity index (χ1) is 46.3. The molecule has 3 aromatic heterocycles. The number of alkyl carbamates (subject to hydrolysis) is 1. The van der Waals surface area contributed by atoms with Gasteiger partial charge in [0.05, 0.1) is 28.6 Å². The number of nitrogens with one attached hydrogen (secondary N) is 3. The molecule has 4 aliphatic carbocycles. The zero-order valence-electron chi connectivity index (χ0n) is 54.0. The van der Waals surface area contributed by atoms with Crippen molar-refractivity contribution in [1.82, 2.24) is 35.3 Å². The van der Waals surface area contributed by atoms with Crippen molar-refractivity contribution in [1.29, 1.82) is 0 Å². The van der Waals surface area contributed by atoms with Crippen LogP contribution in [0.5, 0.6) is 5.75 Å². The zero-order chi connectivity index (χ0) is 68.7. The summed E-state index contributed by atoms with van der Waals surface area (Å²) < 4.78 is 27.4. The number of nitrogens with two attached hydrogens (primary N) is 1. The number of carboxylic acids is 2. The Morgan fingerprint density at radius 3 is 2.31 bits per heavy atom. The van der Waals surface area contributed by atoms with E-state index < -0.39 is 91.4 Å². The van der Waals surface area contributed by atoms with Gasteiger partial charge in [-0.25, -0.2) is 24.4 Å². The number of thiazole rings is 1. The number of hydrogen-bond donors (Lipinski definition) is 10. The van der Waals surface area contributed by atoms with Gasteiger partial charge in [-0.15, -0.1) is 0 Å². The molecule has 0 radical (unpaired) electrons. The number of imide groups is 1. The summed E-state index contributed by atoms with van der Waals surface area (Å²) in [6, 6.07) is 20.3. The second kappa shape index (κ2) is 27.6. The number of pyridine rings is 1. The number of aliphatic carboxylic acids is 1. The Morgan fingerprint density at radius 2 is 1.58 bits per heavy atom. The molecule has 27 nitrogen and oxygen atoms in total. The van der Waals surface area contributed by atoms with E-state index in [-0.39, 0.29) is 71.7 Å². The Labute approximate surface area is 561 Å². The minimum absolute atomic E-state index is 0.00856. The van der Waals surface area contributed by atoms with Crippen molar-refractivity contribution < 1.29 is 83.1 Å². The standard InChI is InChI=1S/C69H80N10O17S/c1-38-45(43-17-19-50(75-54(43)61(88)89)77-25-22-40-10-8-11-44(46(40)28-77)60(87)76-64-74-47-12-4-5-13-48(47)97-64)27-73-79(38)37-68-32-66(2)31-67(3,33-68)35-69(34-66,36-68)94-26-24-72-65(92)93-30-41-15-14-39(9-6-7-23-71-51(81)29-78-52(82)20-21-53(78)83)42(16-18-49(70)80)58(41)95-63-57(86)55(84)56(85)59(96-63)62(90)91/h4-5,8,10-15,17,19-21,27,49,55-57,59,63,80,84-86H,6-7,9,16,18,22-26,28-37,70H2,1-3H3,(H,71,81)(H,72,92)(H,88,89)(H,90,91)(H,74,76,87)/t49?,55-,56-,57+,59-,63+,66?,67?,68?,69?/m0/s1. The van der Waals surface area contributed by atoms with E-state index in [4.69, 9.17) is 34.8 Å². The molecular weight excluding hydrogens is 1270 g/mol. The molecule has 3 aromatic carbocycles. The normalized spacial score (nSPS) is 25.9. The van der Waals surface area contributed by atoms with Gasteiger partial charge in [0, 0.05) is 72.8 Å². The van der Waals surface area contributed by atoms with Gasteiger partial charge < -0.3 is 70.9 Å². The maximum absolute atomic E-state index is 13.8. The number of amides is 5. The topological polar surface area (TPSA) is 390 Å². The third-order valence-corrected chi connectivity index (χ3v) is 20.6. The van der Waals surface area contributed by atoms with Crippen LogP contribution in [0.2, 0.25) is 0 Å². The summed E-state index contributed by atoms with van der Waals surface area (Å²) in [6.07, 6.45) is -0.886. The van der Waals surface area contributed by atoms with E-state index >= 15 is 0 Å². The molecule has 5 amide bonds. The van der Waals surface area contributed by atoms with Crippen molar-refractivity contribution >= 4 is 74.2 Å². The Hall–Kier alpha value is -8.74. The number of benzene rings is 3. The number of hydrogen-bond acceptors (Lipinski definition) is 21. The smallest absolute Gasteiger partial charge is 0.407 e. The number of aliphatic hydroxyl groups excluding tert-OH is 4. The molecule has 1 saturated heterocycles. The van der Waals surface area contributed by atoms with Crippen molar-refractivity contribution in [2.75, 3.05) is 43.0 Å². The highest BCUT2D eigenvalue weighted by atomic mass is 32.1. The average Bonchev–Trinajstić information content (AvgIpc) is 0.801. The number of carbonyl (C=O) groups is 7. The highest BCUT2D eigenvalue weighted by molar-refractivity contribution is 7.22. The van der Waals surface area contributed by atoms with E-state index in [0.29, 0.717) is 84.1 Å². The summed E-state index contributed by atoms with van der Waals surface area (Å²) >= 11 is 1.40. The van der Waals surface area contributed by atoms with Crippen molar-refractivity contribution in [3.63, 3.8) is 0 Å². The van der Waals surface area contributed by atoms with E-state index in [0.717, 1.165) is 82.6 Å². The summed E-state index contributed by atoms with van der Waals surface area (Å²) in [5.41, 5.74) is 11.2. The van der Waals surface area contributed by atoms with Gasteiger partial charge in [-0.2, -0.15) is 5.10 Å². The number of aryl methyl sites for hydroxylation is 1. The molecule has 5 fully saturated rings. The quantitative estimate of drug-likeness (QED) is 0.0187. The van der Waals surface area contributed by atoms with E-state index in [9.17, 15) is 64.2 Å². The first-order valence-electron chi connectivity index (χ1n) is 32.6. The molecular formula is C69H80N10O17S. The number of unbranched alkanes of at least 4 members (excludes halogenated alkanes) is 1. The number of aliphatic hydroxyl groups is 4. The molecule has 13 rings (SSSR count). The van der Waals surface area contributed by atoms with Crippen LogP contribution in [-0.4, -0.2) is 172 Å². The number of fused-ring (bicyclic) bond motifs is 2. The Kier molecular flexibility index (Phi) is 19.4. The predicted molar refractivity (Wildman–Crippen MR) is 351 cm³/mol. The van der Waals surface area contributed by atoms with Crippen LogP contribution < -0.4 is 31.3 Å².